The SMILES string of the molecule is CC[C@@H](CCO)[C@@H]1OC(C)(C)O[C@H]1CC. The maximum Gasteiger partial charge on any atom is 0.163 e. The van der Waals surface area contributed by atoms with Crippen LogP contribution in [0.15, 0.2) is 0 Å². The van der Waals surface area contributed by atoms with Crippen molar-refractivity contribution < 1.29 is 14.6 Å². The van der Waals surface area contributed by atoms with Gasteiger partial charge in [-0.1, -0.05) is 20.3 Å². The van der Waals surface area contributed by atoms with Gasteiger partial charge >= 0.3 is 0 Å². The number of rotatable bonds is 5. The summed E-state index contributed by atoms with van der Waals surface area (Å²) >= 11 is 0. The molecule has 3 atom stereocenters. The zero-order valence-corrected chi connectivity index (χ0v) is 10.3. The summed E-state index contributed by atoms with van der Waals surface area (Å²) in [4.78, 5) is 0. The standard InChI is InChI=1S/C12H24O3/c1-5-9(7-8-13)11-10(6-2)14-12(3,4)15-11/h9-11,13H,5-8H2,1-4H3/t9-,10-,11-/m0/s1. The number of aliphatic hydroxyl groups excluding tert-OH is 1. The van der Waals surface area contributed by atoms with E-state index >= 15 is 0 Å². The summed E-state index contributed by atoms with van der Waals surface area (Å²) in [6.45, 7) is 8.41. The molecule has 1 N–H and O–H groups in total. The van der Waals surface area contributed by atoms with Crippen LogP contribution >= 0.6 is 0 Å². The van der Waals surface area contributed by atoms with Crippen molar-refractivity contribution in [1.29, 1.82) is 0 Å². The molecule has 90 valence electrons. The third-order valence-corrected chi connectivity index (χ3v) is 3.11. The molecule has 0 unspecified atom stereocenters. The molecule has 0 aromatic carbocycles. The molecule has 1 rings (SSSR count). The average molecular weight is 216 g/mol. The van der Waals surface area contributed by atoms with Gasteiger partial charge in [0.05, 0.1) is 12.2 Å². The minimum absolute atomic E-state index is 0.141. The Labute approximate surface area is 92.8 Å². The molecule has 0 bridgehead atoms. The predicted octanol–water partition coefficient (Wildman–Crippen LogP) is 2.33. The molecule has 0 aromatic heterocycles. The lowest BCUT2D eigenvalue weighted by atomic mass is 9.91. The normalized spacial score (nSPS) is 31.8. The van der Waals surface area contributed by atoms with Crippen molar-refractivity contribution in [3.63, 3.8) is 0 Å². The Kier molecular flexibility index (Phi) is 4.56. The molecule has 1 saturated heterocycles. The number of hydrogen-bond acceptors (Lipinski definition) is 3. The van der Waals surface area contributed by atoms with Crippen LogP contribution in [0.2, 0.25) is 0 Å². The van der Waals surface area contributed by atoms with Gasteiger partial charge in [0.1, 0.15) is 0 Å². The van der Waals surface area contributed by atoms with E-state index in [9.17, 15) is 0 Å². The highest BCUT2D eigenvalue weighted by Crippen LogP contribution is 2.35. The number of ether oxygens (including phenoxy) is 2. The monoisotopic (exact) mass is 216 g/mol. The predicted molar refractivity (Wildman–Crippen MR) is 59.6 cm³/mol. The zero-order valence-electron chi connectivity index (χ0n) is 10.3. The van der Waals surface area contributed by atoms with Crippen molar-refractivity contribution >= 4 is 0 Å². The van der Waals surface area contributed by atoms with E-state index in [0.717, 1.165) is 19.3 Å². The third kappa shape index (κ3) is 3.16. The van der Waals surface area contributed by atoms with Gasteiger partial charge in [-0.3, -0.25) is 0 Å². The smallest absolute Gasteiger partial charge is 0.163 e. The van der Waals surface area contributed by atoms with Crippen molar-refractivity contribution in [1.82, 2.24) is 0 Å². The maximum absolute atomic E-state index is 9.02. The van der Waals surface area contributed by atoms with Crippen molar-refractivity contribution in [3.05, 3.63) is 0 Å². The first-order valence-corrected chi connectivity index (χ1v) is 6.00. The van der Waals surface area contributed by atoms with Gasteiger partial charge in [0, 0.05) is 6.61 Å². The first-order chi connectivity index (χ1) is 7.04. The second kappa shape index (κ2) is 5.28. The van der Waals surface area contributed by atoms with E-state index < -0.39 is 5.79 Å². The van der Waals surface area contributed by atoms with Crippen LogP contribution in [0.1, 0.15) is 47.0 Å². The molecule has 0 aliphatic carbocycles. The average Bonchev–Trinajstić information content (AvgIpc) is 2.50. The molecule has 3 heteroatoms. The van der Waals surface area contributed by atoms with Crippen LogP contribution in [-0.4, -0.2) is 29.7 Å². The fourth-order valence-corrected chi connectivity index (χ4v) is 2.34. The van der Waals surface area contributed by atoms with E-state index in [1.165, 1.54) is 0 Å². The van der Waals surface area contributed by atoms with E-state index in [4.69, 9.17) is 14.6 Å². The first kappa shape index (κ1) is 12.9. The maximum atomic E-state index is 9.02. The molecular formula is C12H24O3. The van der Waals surface area contributed by atoms with Gasteiger partial charge in [-0.2, -0.15) is 0 Å². The van der Waals surface area contributed by atoms with Crippen LogP contribution in [0.3, 0.4) is 0 Å². The molecule has 15 heavy (non-hydrogen) atoms. The minimum atomic E-state index is -0.464. The van der Waals surface area contributed by atoms with E-state index in [0.29, 0.717) is 5.92 Å². The zero-order chi connectivity index (χ0) is 11.5. The fourth-order valence-electron chi connectivity index (χ4n) is 2.34. The summed E-state index contributed by atoms with van der Waals surface area (Å²) in [5.74, 6) is -0.0597. The summed E-state index contributed by atoms with van der Waals surface area (Å²) in [7, 11) is 0. The Bertz CT molecular complexity index is 191. The molecule has 1 heterocycles. The van der Waals surface area contributed by atoms with E-state index in [1.807, 2.05) is 13.8 Å². The molecule has 1 fully saturated rings. The van der Waals surface area contributed by atoms with Crippen LogP contribution in [-0.2, 0) is 9.47 Å². The molecule has 1 aliphatic heterocycles. The van der Waals surface area contributed by atoms with E-state index in [2.05, 4.69) is 13.8 Å². The lowest BCUT2D eigenvalue weighted by molar-refractivity contribution is -0.151. The summed E-state index contributed by atoms with van der Waals surface area (Å²) in [5.41, 5.74) is 0. The van der Waals surface area contributed by atoms with Crippen LogP contribution in [0, 0.1) is 5.92 Å². The van der Waals surface area contributed by atoms with Gasteiger partial charge < -0.3 is 14.6 Å². The number of aliphatic hydroxyl groups is 1. The molecule has 0 aromatic rings. The number of hydrogen-bond donors (Lipinski definition) is 1. The Morgan fingerprint density at radius 2 is 1.93 bits per heavy atom. The summed E-state index contributed by atoms with van der Waals surface area (Å²) in [6, 6.07) is 0. The van der Waals surface area contributed by atoms with Crippen LogP contribution in [0.25, 0.3) is 0 Å². The van der Waals surface area contributed by atoms with Gasteiger partial charge in [-0.05, 0) is 32.6 Å². The van der Waals surface area contributed by atoms with Crippen molar-refractivity contribution in [2.75, 3.05) is 6.61 Å². The largest absolute Gasteiger partial charge is 0.396 e. The quantitative estimate of drug-likeness (QED) is 0.766. The molecule has 0 amide bonds. The second-order valence-corrected chi connectivity index (χ2v) is 4.73. The Hall–Kier alpha value is -0.120. The Morgan fingerprint density at radius 1 is 1.27 bits per heavy atom. The first-order valence-electron chi connectivity index (χ1n) is 6.00. The fraction of sp³-hybridized carbons (Fsp3) is 1.00. The summed E-state index contributed by atoms with van der Waals surface area (Å²) in [6.07, 6.45) is 3.12. The Morgan fingerprint density at radius 3 is 2.40 bits per heavy atom. The highest BCUT2D eigenvalue weighted by atomic mass is 16.7. The summed E-state index contributed by atoms with van der Waals surface area (Å²) in [5, 5.41) is 9.02. The molecule has 0 radical (unpaired) electrons. The molecular weight excluding hydrogens is 192 g/mol. The lowest BCUT2D eigenvalue weighted by Gasteiger charge is -2.24. The van der Waals surface area contributed by atoms with Crippen molar-refractivity contribution in [2.45, 2.75) is 65.0 Å². The highest BCUT2D eigenvalue weighted by Gasteiger charge is 2.43. The Balaban J connectivity index is 2.65. The van der Waals surface area contributed by atoms with Gasteiger partial charge in [-0.25, -0.2) is 0 Å². The highest BCUT2D eigenvalue weighted by molar-refractivity contribution is 4.85. The van der Waals surface area contributed by atoms with Crippen LogP contribution in [0.5, 0.6) is 0 Å². The van der Waals surface area contributed by atoms with Gasteiger partial charge in [0.2, 0.25) is 0 Å². The minimum Gasteiger partial charge on any atom is -0.396 e. The molecule has 0 saturated carbocycles. The summed E-state index contributed by atoms with van der Waals surface area (Å²) < 4.78 is 11.8. The molecule has 0 spiro atoms. The molecule has 3 nitrogen and oxygen atoms in total. The van der Waals surface area contributed by atoms with Crippen molar-refractivity contribution in [2.24, 2.45) is 5.92 Å². The van der Waals surface area contributed by atoms with Gasteiger partial charge in [-0.15, -0.1) is 0 Å². The van der Waals surface area contributed by atoms with Crippen LogP contribution in [0.4, 0.5) is 0 Å². The third-order valence-electron chi connectivity index (χ3n) is 3.11. The van der Waals surface area contributed by atoms with E-state index in [1.54, 1.807) is 0 Å². The van der Waals surface area contributed by atoms with Gasteiger partial charge in [0.15, 0.2) is 5.79 Å². The second-order valence-electron chi connectivity index (χ2n) is 4.73. The van der Waals surface area contributed by atoms with Crippen LogP contribution < -0.4 is 0 Å². The van der Waals surface area contributed by atoms with Gasteiger partial charge in [0.25, 0.3) is 0 Å². The van der Waals surface area contributed by atoms with E-state index in [-0.39, 0.29) is 18.8 Å². The lowest BCUT2D eigenvalue weighted by Crippen LogP contribution is -2.31. The molecule has 1 aliphatic rings. The van der Waals surface area contributed by atoms with Crippen molar-refractivity contribution in [3.8, 4) is 0 Å². The topological polar surface area (TPSA) is 38.7 Å².